The van der Waals surface area contributed by atoms with Crippen molar-refractivity contribution in [2.24, 2.45) is 0 Å². The Bertz CT molecular complexity index is 763. The Labute approximate surface area is 148 Å². The van der Waals surface area contributed by atoms with E-state index in [1.54, 1.807) is 24.3 Å². The lowest BCUT2D eigenvalue weighted by Gasteiger charge is -2.12. The minimum atomic E-state index is -3.64. The van der Waals surface area contributed by atoms with Crippen LogP contribution < -0.4 is 4.72 Å². The number of para-hydroxylation sites is 1. The number of anilines is 1. The molecule has 0 radical (unpaired) electrons. The molecule has 2 aromatic carbocycles. The Kier molecular flexibility index (Phi) is 5.14. The highest BCUT2D eigenvalue weighted by molar-refractivity contribution is 14.1. The normalized spacial score (nSPS) is 11.4. The summed E-state index contributed by atoms with van der Waals surface area (Å²) in [6.45, 7) is 1.90. The average molecular weight is 531 g/mol. The molecule has 0 unspecified atom stereocenters. The largest absolute Gasteiger partial charge is 0.279 e. The third kappa shape index (κ3) is 3.55. The predicted molar refractivity (Wildman–Crippen MR) is 96.5 cm³/mol. The Balaban J connectivity index is 2.47. The van der Waals surface area contributed by atoms with Crippen molar-refractivity contribution in [3.63, 3.8) is 0 Å². The van der Waals surface area contributed by atoms with Crippen LogP contribution in [0.15, 0.2) is 50.2 Å². The maximum atomic E-state index is 12.5. The molecule has 7 heteroatoms. The number of sulfonamides is 1. The van der Waals surface area contributed by atoms with Gasteiger partial charge in [0.1, 0.15) is 4.90 Å². The lowest BCUT2D eigenvalue weighted by molar-refractivity contribution is 0.600. The standard InChI is InChI=1S/C13H10Br2INO2S/c1-8-6-10(15)13(7-9(8)14)20(18,19)17-12-5-3-2-4-11(12)16/h2-7,17H,1H3. The fraction of sp³-hybridized carbons (Fsp3) is 0.0769. The molecule has 0 aromatic heterocycles. The van der Waals surface area contributed by atoms with Gasteiger partial charge >= 0.3 is 0 Å². The van der Waals surface area contributed by atoms with Crippen molar-refractivity contribution in [2.45, 2.75) is 11.8 Å². The molecule has 0 aliphatic heterocycles. The second-order valence-electron chi connectivity index (χ2n) is 4.12. The van der Waals surface area contributed by atoms with E-state index in [4.69, 9.17) is 0 Å². The summed E-state index contributed by atoms with van der Waals surface area (Å²) in [6.07, 6.45) is 0. The van der Waals surface area contributed by atoms with Crippen LogP contribution in [0.25, 0.3) is 0 Å². The van der Waals surface area contributed by atoms with E-state index in [2.05, 4.69) is 59.2 Å². The number of halogens is 3. The van der Waals surface area contributed by atoms with Crippen LogP contribution in [0.3, 0.4) is 0 Å². The second-order valence-corrected chi connectivity index (χ2v) is 8.64. The van der Waals surface area contributed by atoms with E-state index in [-0.39, 0.29) is 4.90 Å². The van der Waals surface area contributed by atoms with Crippen LogP contribution in [0.2, 0.25) is 0 Å². The molecule has 0 atom stereocenters. The minimum Gasteiger partial charge on any atom is -0.279 e. The summed E-state index contributed by atoms with van der Waals surface area (Å²) in [6, 6.07) is 10.6. The van der Waals surface area contributed by atoms with E-state index in [1.807, 2.05) is 19.1 Å². The van der Waals surface area contributed by atoms with Gasteiger partial charge in [0.15, 0.2) is 0 Å². The highest BCUT2D eigenvalue weighted by Gasteiger charge is 2.20. The Morgan fingerprint density at radius 2 is 1.75 bits per heavy atom. The molecule has 0 saturated heterocycles. The van der Waals surface area contributed by atoms with Crippen LogP contribution in [-0.4, -0.2) is 8.42 Å². The van der Waals surface area contributed by atoms with Crippen molar-refractivity contribution >= 4 is 70.2 Å². The topological polar surface area (TPSA) is 46.2 Å². The molecule has 0 spiro atoms. The van der Waals surface area contributed by atoms with Crippen LogP contribution in [0, 0.1) is 10.5 Å². The van der Waals surface area contributed by atoms with Gasteiger partial charge in [0, 0.05) is 12.5 Å². The first-order valence-electron chi connectivity index (χ1n) is 5.54. The summed E-state index contributed by atoms with van der Waals surface area (Å²) in [5.41, 5.74) is 1.53. The lowest BCUT2D eigenvalue weighted by atomic mass is 10.2. The summed E-state index contributed by atoms with van der Waals surface area (Å²) >= 11 is 8.76. The molecule has 2 aromatic rings. The zero-order chi connectivity index (χ0) is 14.9. The number of nitrogens with one attached hydrogen (secondary N) is 1. The molecular weight excluding hydrogens is 521 g/mol. The number of aryl methyl sites for hydroxylation is 1. The van der Waals surface area contributed by atoms with Crippen molar-refractivity contribution in [3.8, 4) is 0 Å². The van der Waals surface area contributed by atoms with Gasteiger partial charge in [-0.25, -0.2) is 8.42 Å². The van der Waals surface area contributed by atoms with Crippen LogP contribution in [-0.2, 0) is 10.0 Å². The average Bonchev–Trinajstić information content (AvgIpc) is 2.36. The lowest BCUT2D eigenvalue weighted by Crippen LogP contribution is -2.14. The molecule has 0 fully saturated rings. The molecule has 106 valence electrons. The third-order valence-electron chi connectivity index (χ3n) is 2.62. The summed E-state index contributed by atoms with van der Waals surface area (Å²) in [4.78, 5) is 0.203. The Hall–Kier alpha value is -0.120. The van der Waals surface area contributed by atoms with Crippen LogP contribution in [0.4, 0.5) is 5.69 Å². The molecule has 0 aliphatic carbocycles. The van der Waals surface area contributed by atoms with Crippen molar-refractivity contribution in [1.82, 2.24) is 0 Å². The minimum absolute atomic E-state index is 0.203. The van der Waals surface area contributed by atoms with Gasteiger partial charge in [0.05, 0.1) is 5.69 Å². The summed E-state index contributed by atoms with van der Waals surface area (Å²) in [7, 11) is -3.64. The molecular formula is C13H10Br2INO2S. The summed E-state index contributed by atoms with van der Waals surface area (Å²) in [5, 5.41) is 0. The predicted octanol–water partition coefficient (Wildman–Crippen LogP) is 4.93. The van der Waals surface area contributed by atoms with Gasteiger partial charge < -0.3 is 0 Å². The molecule has 20 heavy (non-hydrogen) atoms. The van der Waals surface area contributed by atoms with E-state index < -0.39 is 10.0 Å². The zero-order valence-electron chi connectivity index (χ0n) is 10.3. The van der Waals surface area contributed by atoms with Crippen LogP contribution in [0.5, 0.6) is 0 Å². The van der Waals surface area contributed by atoms with E-state index in [0.717, 1.165) is 13.6 Å². The second kappa shape index (κ2) is 6.33. The van der Waals surface area contributed by atoms with Crippen LogP contribution in [0.1, 0.15) is 5.56 Å². The first-order chi connectivity index (χ1) is 9.31. The van der Waals surface area contributed by atoms with E-state index in [0.29, 0.717) is 10.2 Å². The van der Waals surface area contributed by atoms with Crippen LogP contribution >= 0.6 is 54.5 Å². The first-order valence-corrected chi connectivity index (χ1v) is 9.69. The van der Waals surface area contributed by atoms with E-state index in [9.17, 15) is 8.42 Å². The zero-order valence-corrected chi connectivity index (χ0v) is 16.5. The number of hydrogen-bond acceptors (Lipinski definition) is 2. The molecule has 0 heterocycles. The van der Waals surface area contributed by atoms with Gasteiger partial charge in [0.2, 0.25) is 0 Å². The smallest absolute Gasteiger partial charge is 0.263 e. The molecule has 0 saturated carbocycles. The van der Waals surface area contributed by atoms with Gasteiger partial charge in [-0.05, 0) is 75.3 Å². The fourth-order valence-corrected chi connectivity index (χ4v) is 5.04. The van der Waals surface area contributed by atoms with Crippen molar-refractivity contribution in [1.29, 1.82) is 0 Å². The summed E-state index contributed by atoms with van der Waals surface area (Å²) in [5.74, 6) is 0. The molecule has 1 N–H and O–H groups in total. The van der Waals surface area contributed by atoms with Crippen molar-refractivity contribution in [3.05, 3.63) is 54.5 Å². The van der Waals surface area contributed by atoms with E-state index >= 15 is 0 Å². The van der Waals surface area contributed by atoms with E-state index in [1.165, 1.54) is 0 Å². The van der Waals surface area contributed by atoms with Gasteiger partial charge in [-0.1, -0.05) is 28.1 Å². The molecule has 3 nitrogen and oxygen atoms in total. The Morgan fingerprint density at radius 1 is 1.10 bits per heavy atom. The molecule has 2 rings (SSSR count). The SMILES string of the molecule is Cc1cc(Br)c(S(=O)(=O)Nc2ccccc2I)cc1Br. The summed E-state index contributed by atoms with van der Waals surface area (Å²) < 4.78 is 29.7. The highest BCUT2D eigenvalue weighted by Crippen LogP contribution is 2.30. The maximum Gasteiger partial charge on any atom is 0.263 e. The molecule has 0 bridgehead atoms. The van der Waals surface area contributed by atoms with Gasteiger partial charge in [-0.3, -0.25) is 4.72 Å². The highest BCUT2D eigenvalue weighted by atomic mass is 127. The first kappa shape index (κ1) is 16.3. The Morgan fingerprint density at radius 3 is 2.40 bits per heavy atom. The van der Waals surface area contributed by atoms with Gasteiger partial charge in [-0.15, -0.1) is 0 Å². The maximum absolute atomic E-state index is 12.5. The molecule has 0 amide bonds. The monoisotopic (exact) mass is 529 g/mol. The van der Waals surface area contributed by atoms with Gasteiger partial charge in [0.25, 0.3) is 10.0 Å². The van der Waals surface area contributed by atoms with Crippen molar-refractivity contribution in [2.75, 3.05) is 4.72 Å². The number of benzene rings is 2. The molecule has 0 aliphatic rings. The number of rotatable bonds is 3. The van der Waals surface area contributed by atoms with Crippen molar-refractivity contribution < 1.29 is 8.42 Å². The fourth-order valence-electron chi connectivity index (χ4n) is 1.58. The quantitative estimate of drug-likeness (QED) is 0.572. The van der Waals surface area contributed by atoms with Gasteiger partial charge in [-0.2, -0.15) is 0 Å². The third-order valence-corrected chi connectivity index (χ3v) is 6.74. The number of hydrogen-bond donors (Lipinski definition) is 1.